The second-order valence-electron chi connectivity index (χ2n) is 3.29. The van der Waals surface area contributed by atoms with Crippen LogP contribution in [0, 0.1) is 0 Å². The molecule has 2 rings (SSSR count). The van der Waals surface area contributed by atoms with E-state index in [4.69, 9.17) is 5.11 Å². The number of pyridine rings is 1. The van der Waals surface area contributed by atoms with Gasteiger partial charge in [0, 0.05) is 6.20 Å². The van der Waals surface area contributed by atoms with Crippen molar-refractivity contribution >= 4 is 17.6 Å². The van der Waals surface area contributed by atoms with E-state index in [2.05, 4.69) is 20.5 Å². The number of carboxylic acids is 1. The number of carboxylic acid groups (broad SMARTS) is 1. The quantitative estimate of drug-likeness (QED) is 0.828. The van der Waals surface area contributed by atoms with Gasteiger partial charge in [0.05, 0.1) is 23.6 Å². The fourth-order valence-corrected chi connectivity index (χ4v) is 1.30. The summed E-state index contributed by atoms with van der Waals surface area (Å²) in [4.78, 5) is 26.4. The van der Waals surface area contributed by atoms with Gasteiger partial charge in [0.2, 0.25) is 0 Å². The average molecular weight is 244 g/mol. The van der Waals surface area contributed by atoms with Crippen LogP contribution in [0.15, 0.2) is 36.8 Å². The molecule has 0 atom stereocenters. The molecule has 0 saturated carbocycles. The smallest absolute Gasteiger partial charge is 0.356 e. The Bertz CT molecular complexity index is 586. The number of carbonyl (C=O) groups is 2. The number of carbonyl (C=O) groups excluding carboxylic acids is 1. The molecule has 0 fully saturated rings. The molecule has 0 radical (unpaired) electrons. The molecule has 2 heterocycles. The van der Waals surface area contributed by atoms with Crippen molar-refractivity contribution in [3.05, 3.63) is 48.0 Å². The summed E-state index contributed by atoms with van der Waals surface area (Å²) in [6.45, 7) is 0. The van der Waals surface area contributed by atoms with Crippen molar-refractivity contribution in [3.63, 3.8) is 0 Å². The molecule has 90 valence electrons. The summed E-state index contributed by atoms with van der Waals surface area (Å²) in [5.41, 5.74) is 0.199. The Labute approximate surface area is 102 Å². The summed E-state index contributed by atoms with van der Waals surface area (Å²) in [7, 11) is 0. The maximum absolute atomic E-state index is 11.8. The van der Waals surface area contributed by atoms with Gasteiger partial charge in [-0.15, -0.1) is 0 Å². The van der Waals surface area contributed by atoms with Gasteiger partial charge in [0.25, 0.3) is 5.91 Å². The Balaban J connectivity index is 2.25. The van der Waals surface area contributed by atoms with E-state index >= 15 is 0 Å². The molecular weight excluding hydrogens is 236 g/mol. The Kier molecular flexibility index (Phi) is 3.24. The molecule has 1 amide bonds. The van der Waals surface area contributed by atoms with Gasteiger partial charge in [-0.25, -0.2) is 9.78 Å². The van der Waals surface area contributed by atoms with Crippen molar-refractivity contribution in [2.24, 2.45) is 0 Å². The number of hydrogen-bond acceptors (Lipinski definition) is 5. The van der Waals surface area contributed by atoms with Crippen molar-refractivity contribution < 1.29 is 14.7 Å². The first-order valence-corrected chi connectivity index (χ1v) is 4.95. The highest BCUT2D eigenvalue weighted by atomic mass is 16.4. The number of aromatic carboxylic acids is 1. The lowest BCUT2D eigenvalue weighted by molar-refractivity contribution is 0.0692. The highest BCUT2D eigenvalue weighted by Gasteiger charge is 2.14. The van der Waals surface area contributed by atoms with Crippen LogP contribution < -0.4 is 5.32 Å². The predicted molar refractivity (Wildman–Crippen MR) is 61.2 cm³/mol. The van der Waals surface area contributed by atoms with Crippen LogP contribution >= 0.6 is 0 Å². The van der Waals surface area contributed by atoms with Gasteiger partial charge >= 0.3 is 5.97 Å². The van der Waals surface area contributed by atoms with E-state index in [0.717, 1.165) is 0 Å². The highest BCUT2D eigenvalue weighted by Crippen LogP contribution is 2.13. The number of amides is 1. The predicted octanol–water partition coefficient (Wildman–Crippen LogP) is 0.822. The third-order valence-corrected chi connectivity index (χ3v) is 2.10. The van der Waals surface area contributed by atoms with Crippen LogP contribution in [0.2, 0.25) is 0 Å². The molecule has 0 unspecified atom stereocenters. The minimum absolute atomic E-state index is 0.131. The van der Waals surface area contributed by atoms with Crippen LogP contribution in [0.5, 0.6) is 0 Å². The summed E-state index contributed by atoms with van der Waals surface area (Å²) in [5, 5.41) is 18.5. The molecule has 7 nitrogen and oxygen atoms in total. The van der Waals surface area contributed by atoms with Crippen LogP contribution in [0.1, 0.15) is 20.8 Å². The number of rotatable bonds is 3. The molecule has 0 bridgehead atoms. The summed E-state index contributed by atoms with van der Waals surface area (Å²) in [6.07, 6.45) is 4.00. The SMILES string of the molecule is O=C(Nc1cccnc1C(=O)O)c1ccnnc1. The minimum atomic E-state index is -1.21. The Morgan fingerprint density at radius 2 is 2.00 bits per heavy atom. The van der Waals surface area contributed by atoms with Gasteiger partial charge in [-0.3, -0.25) is 4.79 Å². The second-order valence-corrected chi connectivity index (χ2v) is 3.29. The maximum atomic E-state index is 11.8. The van der Waals surface area contributed by atoms with Crippen LogP contribution in [0.25, 0.3) is 0 Å². The first-order valence-electron chi connectivity index (χ1n) is 4.95. The molecule has 7 heteroatoms. The molecule has 0 aliphatic heterocycles. The molecule has 0 aliphatic rings. The number of hydrogen-bond donors (Lipinski definition) is 2. The number of aromatic nitrogens is 3. The number of anilines is 1. The van der Waals surface area contributed by atoms with E-state index in [1.54, 1.807) is 0 Å². The van der Waals surface area contributed by atoms with Gasteiger partial charge < -0.3 is 10.4 Å². The van der Waals surface area contributed by atoms with Gasteiger partial charge in [-0.2, -0.15) is 10.2 Å². The normalized spacial score (nSPS) is 9.78. The summed E-state index contributed by atoms with van der Waals surface area (Å²) < 4.78 is 0. The summed E-state index contributed by atoms with van der Waals surface area (Å²) in [5.74, 6) is -1.68. The second kappa shape index (κ2) is 5.00. The Morgan fingerprint density at radius 1 is 1.17 bits per heavy atom. The number of nitrogens with one attached hydrogen (secondary N) is 1. The van der Waals surface area contributed by atoms with Crippen molar-refractivity contribution in [1.82, 2.24) is 15.2 Å². The van der Waals surface area contributed by atoms with Gasteiger partial charge in [0.15, 0.2) is 5.69 Å². The molecule has 2 aromatic rings. The molecule has 2 N–H and O–H groups in total. The monoisotopic (exact) mass is 244 g/mol. The summed E-state index contributed by atoms with van der Waals surface area (Å²) >= 11 is 0. The van der Waals surface area contributed by atoms with E-state index in [1.165, 1.54) is 36.8 Å². The third-order valence-electron chi connectivity index (χ3n) is 2.10. The van der Waals surface area contributed by atoms with Gasteiger partial charge in [-0.05, 0) is 18.2 Å². The van der Waals surface area contributed by atoms with E-state index < -0.39 is 11.9 Å². The number of nitrogens with zero attached hydrogens (tertiary/aromatic N) is 3. The van der Waals surface area contributed by atoms with E-state index in [-0.39, 0.29) is 16.9 Å². The molecule has 0 aromatic carbocycles. The third kappa shape index (κ3) is 2.46. The van der Waals surface area contributed by atoms with Crippen LogP contribution in [-0.2, 0) is 0 Å². The van der Waals surface area contributed by atoms with Crippen molar-refractivity contribution in [1.29, 1.82) is 0 Å². The van der Waals surface area contributed by atoms with Gasteiger partial charge in [0.1, 0.15) is 0 Å². The average Bonchev–Trinajstić information content (AvgIpc) is 2.40. The van der Waals surface area contributed by atoms with Crippen molar-refractivity contribution in [2.75, 3.05) is 5.32 Å². The molecular formula is C11H8N4O3. The summed E-state index contributed by atoms with van der Waals surface area (Å²) in [6, 6.07) is 4.47. The topological polar surface area (TPSA) is 105 Å². The van der Waals surface area contributed by atoms with Crippen LogP contribution in [0.3, 0.4) is 0 Å². The zero-order valence-corrected chi connectivity index (χ0v) is 9.07. The Hall–Kier alpha value is -2.83. The van der Waals surface area contributed by atoms with Crippen molar-refractivity contribution in [3.8, 4) is 0 Å². The molecule has 0 spiro atoms. The van der Waals surface area contributed by atoms with Gasteiger partial charge in [-0.1, -0.05) is 0 Å². The standard InChI is InChI=1S/C11H8N4O3/c16-10(7-3-5-13-14-6-7)15-8-2-1-4-12-9(8)11(17)18/h1-6H,(H,15,16)(H,17,18). The largest absolute Gasteiger partial charge is 0.476 e. The zero-order valence-electron chi connectivity index (χ0n) is 9.07. The first kappa shape index (κ1) is 11.6. The highest BCUT2D eigenvalue weighted by molar-refractivity contribution is 6.06. The van der Waals surface area contributed by atoms with Crippen LogP contribution in [-0.4, -0.2) is 32.2 Å². The molecule has 0 aliphatic carbocycles. The fourth-order valence-electron chi connectivity index (χ4n) is 1.30. The molecule has 0 saturated heterocycles. The van der Waals surface area contributed by atoms with E-state index in [9.17, 15) is 9.59 Å². The minimum Gasteiger partial charge on any atom is -0.476 e. The Morgan fingerprint density at radius 3 is 2.67 bits per heavy atom. The lowest BCUT2D eigenvalue weighted by atomic mass is 10.2. The maximum Gasteiger partial charge on any atom is 0.356 e. The molecule has 2 aromatic heterocycles. The molecule has 18 heavy (non-hydrogen) atoms. The first-order chi connectivity index (χ1) is 8.68. The fraction of sp³-hybridized carbons (Fsp3) is 0. The van der Waals surface area contributed by atoms with E-state index in [1.807, 2.05) is 0 Å². The van der Waals surface area contributed by atoms with E-state index in [0.29, 0.717) is 0 Å². The van der Waals surface area contributed by atoms with Crippen LogP contribution in [0.4, 0.5) is 5.69 Å². The lowest BCUT2D eigenvalue weighted by Crippen LogP contribution is -2.15. The lowest BCUT2D eigenvalue weighted by Gasteiger charge is -2.06. The van der Waals surface area contributed by atoms with Crippen molar-refractivity contribution in [2.45, 2.75) is 0 Å². The zero-order chi connectivity index (χ0) is 13.0.